The Morgan fingerprint density at radius 1 is 1.23 bits per heavy atom. The molecule has 1 heterocycles. The van der Waals surface area contributed by atoms with Gasteiger partial charge in [-0.3, -0.25) is 4.79 Å². The SMILES string of the molecule is CCc1c(C)[nH]c(C(C)=O)c1CC. The van der Waals surface area contributed by atoms with Crippen LogP contribution in [0.15, 0.2) is 0 Å². The third kappa shape index (κ3) is 1.67. The molecule has 2 nitrogen and oxygen atoms in total. The van der Waals surface area contributed by atoms with Gasteiger partial charge in [0.05, 0.1) is 5.69 Å². The Morgan fingerprint density at radius 2 is 1.77 bits per heavy atom. The number of H-pyrrole nitrogens is 1. The van der Waals surface area contributed by atoms with Gasteiger partial charge in [0.25, 0.3) is 0 Å². The van der Waals surface area contributed by atoms with Crippen molar-refractivity contribution in [3.8, 4) is 0 Å². The second-order valence-electron chi connectivity index (χ2n) is 3.35. The lowest BCUT2D eigenvalue weighted by molar-refractivity contribution is 0.101. The van der Waals surface area contributed by atoms with Crippen molar-refractivity contribution in [2.45, 2.75) is 40.5 Å². The molecule has 1 aromatic rings. The number of carbonyl (C=O) groups excluding carboxylic acids is 1. The van der Waals surface area contributed by atoms with Gasteiger partial charge in [-0.25, -0.2) is 0 Å². The summed E-state index contributed by atoms with van der Waals surface area (Å²) in [5.41, 5.74) is 4.46. The third-order valence-electron chi connectivity index (χ3n) is 2.49. The number of aryl methyl sites for hydroxylation is 1. The molecule has 1 rings (SSSR count). The predicted molar refractivity (Wildman–Crippen MR) is 54.3 cm³/mol. The highest BCUT2D eigenvalue weighted by atomic mass is 16.1. The first-order valence-electron chi connectivity index (χ1n) is 4.83. The molecule has 0 radical (unpaired) electrons. The quantitative estimate of drug-likeness (QED) is 0.711. The van der Waals surface area contributed by atoms with Crippen LogP contribution in [-0.2, 0) is 12.8 Å². The van der Waals surface area contributed by atoms with Gasteiger partial charge in [-0.15, -0.1) is 0 Å². The number of Topliss-reactive ketones (excluding diaryl/α,β-unsaturated/α-hetero) is 1. The van der Waals surface area contributed by atoms with E-state index in [1.54, 1.807) is 6.92 Å². The maximum Gasteiger partial charge on any atom is 0.176 e. The maximum absolute atomic E-state index is 11.3. The Kier molecular flexibility index (Phi) is 2.91. The molecular formula is C11H17NO. The smallest absolute Gasteiger partial charge is 0.176 e. The summed E-state index contributed by atoms with van der Waals surface area (Å²) in [6, 6.07) is 0. The average molecular weight is 179 g/mol. The normalized spacial score (nSPS) is 10.5. The van der Waals surface area contributed by atoms with Crippen molar-refractivity contribution in [1.82, 2.24) is 4.98 Å². The minimum absolute atomic E-state index is 0.139. The van der Waals surface area contributed by atoms with Crippen molar-refractivity contribution in [1.29, 1.82) is 0 Å². The molecule has 2 heteroatoms. The van der Waals surface area contributed by atoms with E-state index in [4.69, 9.17) is 0 Å². The van der Waals surface area contributed by atoms with Crippen molar-refractivity contribution in [3.63, 3.8) is 0 Å². The minimum Gasteiger partial charge on any atom is -0.356 e. The highest BCUT2D eigenvalue weighted by molar-refractivity contribution is 5.94. The Bertz CT molecular complexity index is 323. The highest BCUT2D eigenvalue weighted by Gasteiger charge is 2.14. The highest BCUT2D eigenvalue weighted by Crippen LogP contribution is 2.20. The van der Waals surface area contributed by atoms with Crippen LogP contribution in [0, 0.1) is 6.92 Å². The Hall–Kier alpha value is -1.05. The summed E-state index contributed by atoms with van der Waals surface area (Å²) in [6.45, 7) is 7.86. The van der Waals surface area contributed by atoms with E-state index in [9.17, 15) is 4.79 Å². The molecule has 0 aliphatic carbocycles. The van der Waals surface area contributed by atoms with Crippen molar-refractivity contribution >= 4 is 5.78 Å². The van der Waals surface area contributed by atoms with Gasteiger partial charge >= 0.3 is 0 Å². The zero-order valence-corrected chi connectivity index (χ0v) is 8.82. The van der Waals surface area contributed by atoms with Gasteiger partial charge < -0.3 is 4.98 Å². The van der Waals surface area contributed by atoms with E-state index in [-0.39, 0.29) is 5.78 Å². The number of rotatable bonds is 3. The zero-order valence-electron chi connectivity index (χ0n) is 8.82. The van der Waals surface area contributed by atoms with Crippen LogP contribution in [0.3, 0.4) is 0 Å². The molecule has 72 valence electrons. The number of carbonyl (C=O) groups is 1. The van der Waals surface area contributed by atoms with E-state index < -0.39 is 0 Å². The second-order valence-corrected chi connectivity index (χ2v) is 3.35. The average Bonchev–Trinajstić information content (AvgIpc) is 2.41. The fraction of sp³-hybridized carbons (Fsp3) is 0.545. The molecule has 0 aliphatic rings. The molecule has 0 bridgehead atoms. The van der Waals surface area contributed by atoms with Crippen molar-refractivity contribution in [2.75, 3.05) is 0 Å². The van der Waals surface area contributed by atoms with Gasteiger partial charge in [0.1, 0.15) is 0 Å². The van der Waals surface area contributed by atoms with E-state index in [0.29, 0.717) is 0 Å². The van der Waals surface area contributed by atoms with E-state index >= 15 is 0 Å². The lowest BCUT2D eigenvalue weighted by Crippen LogP contribution is -1.98. The number of hydrogen-bond acceptors (Lipinski definition) is 1. The Labute approximate surface area is 79.4 Å². The summed E-state index contributed by atoms with van der Waals surface area (Å²) >= 11 is 0. The third-order valence-corrected chi connectivity index (χ3v) is 2.49. The van der Waals surface area contributed by atoms with Crippen LogP contribution in [0.2, 0.25) is 0 Å². The summed E-state index contributed by atoms with van der Waals surface area (Å²) in [5.74, 6) is 0.139. The topological polar surface area (TPSA) is 32.9 Å². The lowest BCUT2D eigenvalue weighted by Gasteiger charge is -2.00. The molecule has 0 aliphatic heterocycles. The van der Waals surface area contributed by atoms with Crippen LogP contribution < -0.4 is 0 Å². The van der Waals surface area contributed by atoms with E-state index in [0.717, 1.165) is 24.2 Å². The van der Waals surface area contributed by atoms with Gasteiger partial charge in [0.15, 0.2) is 5.78 Å². The van der Waals surface area contributed by atoms with E-state index in [1.807, 2.05) is 6.92 Å². The summed E-state index contributed by atoms with van der Waals surface area (Å²) in [5, 5.41) is 0. The monoisotopic (exact) mass is 179 g/mol. The molecule has 0 unspecified atom stereocenters. The molecule has 0 aromatic carbocycles. The summed E-state index contributed by atoms with van der Waals surface area (Å²) in [7, 11) is 0. The van der Waals surface area contributed by atoms with Crippen molar-refractivity contribution in [3.05, 3.63) is 22.5 Å². The first-order chi connectivity index (χ1) is 6.11. The van der Waals surface area contributed by atoms with Gasteiger partial charge in [-0.05, 0) is 30.9 Å². The first-order valence-corrected chi connectivity index (χ1v) is 4.83. The molecule has 0 saturated carbocycles. The fourth-order valence-corrected chi connectivity index (χ4v) is 1.88. The Balaban J connectivity index is 3.29. The molecule has 0 amide bonds. The summed E-state index contributed by atoms with van der Waals surface area (Å²) in [4.78, 5) is 14.4. The fourth-order valence-electron chi connectivity index (χ4n) is 1.88. The number of hydrogen-bond donors (Lipinski definition) is 1. The predicted octanol–water partition coefficient (Wildman–Crippen LogP) is 2.65. The lowest BCUT2D eigenvalue weighted by atomic mass is 10.0. The maximum atomic E-state index is 11.3. The van der Waals surface area contributed by atoms with Gasteiger partial charge in [0.2, 0.25) is 0 Å². The molecule has 13 heavy (non-hydrogen) atoms. The molecule has 0 spiro atoms. The number of aromatic nitrogens is 1. The van der Waals surface area contributed by atoms with Crippen LogP contribution in [-0.4, -0.2) is 10.8 Å². The number of aromatic amines is 1. The number of ketones is 1. The van der Waals surface area contributed by atoms with Crippen LogP contribution >= 0.6 is 0 Å². The Morgan fingerprint density at radius 3 is 2.15 bits per heavy atom. The van der Waals surface area contributed by atoms with E-state index in [2.05, 4.69) is 18.8 Å². The molecule has 1 N–H and O–H groups in total. The van der Waals surface area contributed by atoms with Crippen molar-refractivity contribution in [2.24, 2.45) is 0 Å². The molecule has 0 atom stereocenters. The van der Waals surface area contributed by atoms with Crippen LogP contribution in [0.4, 0.5) is 0 Å². The molecule has 0 fully saturated rings. The van der Waals surface area contributed by atoms with Gasteiger partial charge in [-0.1, -0.05) is 13.8 Å². The minimum atomic E-state index is 0.139. The molecular weight excluding hydrogens is 162 g/mol. The standard InChI is InChI=1S/C11H17NO/c1-5-9-7(3)12-11(8(4)13)10(9)6-2/h12H,5-6H2,1-4H3. The van der Waals surface area contributed by atoms with Crippen molar-refractivity contribution < 1.29 is 4.79 Å². The molecule has 1 aromatic heterocycles. The summed E-state index contributed by atoms with van der Waals surface area (Å²) < 4.78 is 0. The zero-order chi connectivity index (χ0) is 10.0. The van der Waals surface area contributed by atoms with Crippen LogP contribution in [0.1, 0.15) is 48.1 Å². The van der Waals surface area contributed by atoms with Gasteiger partial charge in [0, 0.05) is 12.6 Å². The molecule has 0 saturated heterocycles. The van der Waals surface area contributed by atoms with E-state index in [1.165, 1.54) is 11.1 Å². The second kappa shape index (κ2) is 3.77. The van der Waals surface area contributed by atoms with Gasteiger partial charge in [-0.2, -0.15) is 0 Å². The number of nitrogens with one attached hydrogen (secondary N) is 1. The first kappa shape index (κ1) is 10.0. The van der Waals surface area contributed by atoms with Crippen LogP contribution in [0.5, 0.6) is 0 Å². The largest absolute Gasteiger partial charge is 0.356 e. The summed E-state index contributed by atoms with van der Waals surface area (Å²) in [6.07, 6.45) is 1.93. The van der Waals surface area contributed by atoms with Crippen LogP contribution in [0.25, 0.3) is 0 Å².